The Bertz CT molecular complexity index is 1460. The van der Waals surface area contributed by atoms with E-state index in [1.807, 2.05) is 33.8 Å². The first kappa shape index (κ1) is 31.5. The average molecular weight is 605 g/mol. The summed E-state index contributed by atoms with van der Waals surface area (Å²) in [6, 6.07) is 17.2. The van der Waals surface area contributed by atoms with Crippen molar-refractivity contribution in [1.29, 1.82) is 0 Å². The summed E-state index contributed by atoms with van der Waals surface area (Å²) in [7, 11) is -4.12. The van der Waals surface area contributed by atoms with Gasteiger partial charge in [-0.1, -0.05) is 67.4 Å². The van der Waals surface area contributed by atoms with Crippen molar-refractivity contribution in [3.63, 3.8) is 0 Å². The van der Waals surface area contributed by atoms with E-state index in [0.29, 0.717) is 27.8 Å². The van der Waals surface area contributed by atoms with Gasteiger partial charge in [0.15, 0.2) is 0 Å². The Morgan fingerprint density at radius 1 is 0.900 bits per heavy atom. The maximum atomic E-state index is 14.0. The van der Waals surface area contributed by atoms with E-state index in [9.17, 15) is 18.0 Å². The minimum atomic E-state index is -4.12. The van der Waals surface area contributed by atoms with Crippen LogP contribution in [0.2, 0.25) is 10.0 Å². The summed E-state index contributed by atoms with van der Waals surface area (Å²) in [5.41, 5.74) is 2.79. The van der Waals surface area contributed by atoms with E-state index in [0.717, 1.165) is 15.4 Å². The van der Waals surface area contributed by atoms with E-state index in [-0.39, 0.29) is 23.3 Å². The molecule has 214 valence electrons. The van der Waals surface area contributed by atoms with E-state index < -0.39 is 28.5 Å². The SMILES string of the molecule is Cc1ccc(N(CC(=O)N(Cc2ccc(Cl)cc2Cl)[C@@H](C)C(=O)NCC(C)C)S(=O)(=O)c2ccccc2)cc1C. The Morgan fingerprint density at radius 2 is 1.57 bits per heavy atom. The molecule has 0 aliphatic carbocycles. The van der Waals surface area contributed by atoms with Crippen molar-refractivity contribution in [3.05, 3.63) is 93.5 Å². The van der Waals surface area contributed by atoms with E-state index in [1.54, 1.807) is 55.5 Å². The fourth-order valence-electron chi connectivity index (χ4n) is 4.00. The number of carbonyl (C=O) groups excluding carboxylic acids is 2. The Kier molecular flexibility index (Phi) is 10.6. The molecule has 0 aliphatic rings. The molecule has 0 saturated carbocycles. The number of halogens is 2. The molecule has 40 heavy (non-hydrogen) atoms. The Hall–Kier alpha value is -3.07. The van der Waals surface area contributed by atoms with Crippen LogP contribution in [-0.2, 0) is 26.2 Å². The van der Waals surface area contributed by atoms with Crippen molar-refractivity contribution in [2.45, 2.75) is 52.1 Å². The van der Waals surface area contributed by atoms with Crippen molar-refractivity contribution in [1.82, 2.24) is 10.2 Å². The van der Waals surface area contributed by atoms with Crippen LogP contribution in [0, 0.1) is 19.8 Å². The van der Waals surface area contributed by atoms with E-state index in [4.69, 9.17) is 23.2 Å². The molecule has 0 aromatic heterocycles. The number of benzene rings is 3. The van der Waals surface area contributed by atoms with Gasteiger partial charge in [0, 0.05) is 23.1 Å². The monoisotopic (exact) mass is 603 g/mol. The Balaban J connectivity index is 2.05. The highest BCUT2D eigenvalue weighted by Gasteiger charge is 2.33. The molecule has 0 radical (unpaired) electrons. The highest BCUT2D eigenvalue weighted by atomic mass is 35.5. The minimum absolute atomic E-state index is 0.0166. The summed E-state index contributed by atoms with van der Waals surface area (Å²) in [6.07, 6.45) is 0. The number of nitrogens with one attached hydrogen (secondary N) is 1. The van der Waals surface area contributed by atoms with Crippen molar-refractivity contribution in [3.8, 4) is 0 Å². The first-order valence-corrected chi connectivity index (χ1v) is 15.2. The predicted molar refractivity (Wildman–Crippen MR) is 161 cm³/mol. The molecular formula is C30H35Cl2N3O4S. The van der Waals surface area contributed by atoms with Crippen molar-refractivity contribution in [2.75, 3.05) is 17.4 Å². The van der Waals surface area contributed by atoms with Gasteiger partial charge in [-0.05, 0) is 79.8 Å². The van der Waals surface area contributed by atoms with E-state index >= 15 is 0 Å². The van der Waals surface area contributed by atoms with Gasteiger partial charge in [-0.25, -0.2) is 8.42 Å². The van der Waals surface area contributed by atoms with Gasteiger partial charge < -0.3 is 10.2 Å². The van der Waals surface area contributed by atoms with Gasteiger partial charge in [-0.15, -0.1) is 0 Å². The average Bonchev–Trinajstić information content (AvgIpc) is 2.91. The fourth-order valence-corrected chi connectivity index (χ4v) is 5.89. The molecule has 0 unspecified atom stereocenters. The topological polar surface area (TPSA) is 86.8 Å². The van der Waals surface area contributed by atoms with Crippen molar-refractivity contribution < 1.29 is 18.0 Å². The smallest absolute Gasteiger partial charge is 0.264 e. The number of amides is 2. The highest BCUT2D eigenvalue weighted by molar-refractivity contribution is 7.92. The van der Waals surface area contributed by atoms with Crippen molar-refractivity contribution >= 4 is 50.7 Å². The second-order valence-corrected chi connectivity index (χ2v) is 12.9. The molecule has 3 aromatic rings. The zero-order valence-electron chi connectivity index (χ0n) is 23.3. The Morgan fingerprint density at radius 3 is 2.17 bits per heavy atom. The van der Waals surface area contributed by atoms with Gasteiger partial charge in [0.05, 0.1) is 10.6 Å². The molecule has 0 aliphatic heterocycles. The lowest BCUT2D eigenvalue weighted by Gasteiger charge is -2.32. The number of hydrogen-bond donors (Lipinski definition) is 1. The molecule has 0 fully saturated rings. The molecule has 0 saturated heterocycles. The molecule has 0 heterocycles. The van der Waals surface area contributed by atoms with Crippen LogP contribution in [-0.4, -0.2) is 44.3 Å². The molecule has 7 nitrogen and oxygen atoms in total. The summed E-state index contributed by atoms with van der Waals surface area (Å²) in [5.74, 6) is -0.700. The standard InChI is InChI=1S/C30H35Cl2N3O4S/c1-20(2)17-33-30(37)23(5)34(18-24-12-13-25(31)16-28(24)32)29(36)19-35(26-14-11-21(3)22(4)15-26)40(38,39)27-9-7-6-8-10-27/h6-16,20,23H,17-19H2,1-5H3,(H,33,37)/t23-/m0/s1. The first-order chi connectivity index (χ1) is 18.8. The van der Waals surface area contributed by atoms with Crippen LogP contribution in [0.3, 0.4) is 0 Å². The zero-order chi connectivity index (χ0) is 29.6. The van der Waals surface area contributed by atoms with Crippen LogP contribution in [0.5, 0.6) is 0 Å². The number of nitrogens with zero attached hydrogens (tertiary/aromatic N) is 2. The molecule has 0 bridgehead atoms. The number of anilines is 1. The lowest BCUT2D eigenvalue weighted by Crippen LogP contribution is -2.51. The maximum absolute atomic E-state index is 14.0. The lowest BCUT2D eigenvalue weighted by molar-refractivity contribution is -0.139. The van der Waals surface area contributed by atoms with Crippen LogP contribution < -0.4 is 9.62 Å². The van der Waals surface area contributed by atoms with E-state index in [2.05, 4.69) is 5.32 Å². The third-order valence-electron chi connectivity index (χ3n) is 6.60. The van der Waals surface area contributed by atoms with Gasteiger partial charge in [0.25, 0.3) is 10.0 Å². The number of aryl methyl sites for hydroxylation is 2. The van der Waals surface area contributed by atoms with Crippen LogP contribution in [0.25, 0.3) is 0 Å². The maximum Gasteiger partial charge on any atom is 0.264 e. The summed E-state index contributed by atoms with van der Waals surface area (Å²) >= 11 is 12.5. The van der Waals surface area contributed by atoms with Gasteiger partial charge in [0.1, 0.15) is 12.6 Å². The molecule has 3 aromatic carbocycles. The van der Waals surface area contributed by atoms with Crippen LogP contribution >= 0.6 is 23.2 Å². The third kappa shape index (κ3) is 7.77. The lowest BCUT2D eigenvalue weighted by atomic mass is 10.1. The predicted octanol–water partition coefficient (Wildman–Crippen LogP) is 6.00. The number of rotatable bonds is 11. The summed E-state index contributed by atoms with van der Waals surface area (Å²) < 4.78 is 28.8. The quantitative estimate of drug-likeness (QED) is 0.291. The molecule has 1 N–H and O–H groups in total. The second kappa shape index (κ2) is 13.5. The minimum Gasteiger partial charge on any atom is -0.354 e. The normalized spacial score (nSPS) is 12.2. The fraction of sp³-hybridized carbons (Fsp3) is 0.333. The van der Waals surface area contributed by atoms with Crippen LogP contribution in [0.1, 0.15) is 37.5 Å². The summed E-state index contributed by atoms with van der Waals surface area (Å²) in [6.45, 7) is 9.26. The molecule has 0 spiro atoms. The molecule has 10 heteroatoms. The highest BCUT2D eigenvalue weighted by Crippen LogP contribution is 2.27. The van der Waals surface area contributed by atoms with E-state index in [1.165, 1.54) is 17.0 Å². The summed E-state index contributed by atoms with van der Waals surface area (Å²) in [4.78, 5) is 28.5. The number of hydrogen-bond acceptors (Lipinski definition) is 4. The summed E-state index contributed by atoms with van der Waals surface area (Å²) in [5, 5.41) is 3.63. The second-order valence-electron chi connectivity index (χ2n) is 10.2. The third-order valence-corrected chi connectivity index (χ3v) is 8.97. The zero-order valence-corrected chi connectivity index (χ0v) is 25.6. The Labute approximate surface area is 247 Å². The number of sulfonamides is 1. The van der Waals surface area contributed by atoms with Crippen LogP contribution in [0.4, 0.5) is 5.69 Å². The van der Waals surface area contributed by atoms with Gasteiger partial charge in [-0.3, -0.25) is 13.9 Å². The molecule has 2 amide bonds. The molecule has 3 rings (SSSR count). The largest absolute Gasteiger partial charge is 0.354 e. The van der Waals surface area contributed by atoms with Gasteiger partial charge >= 0.3 is 0 Å². The first-order valence-electron chi connectivity index (χ1n) is 13.0. The molecule has 1 atom stereocenters. The molecular weight excluding hydrogens is 569 g/mol. The van der Waals surface area contributed by atoms with Gasteiger partial charge in [-0.2, -0.15) is 0 Å². The van der Waals surface area contributed by atoms with Gasteiger partial charge in [0.2, 0.25) is 11.8 Å². The number of carbonyl (C=O) groups is 2. The van der Waals surface area contributed by atoms with Crippen LogP contribution in [0.15, 0.2) is 71.6 Å². The van der Waals surface area contributed by atoms with Crippen molar-refractivity contribution in [2.24, 2.45) is 5.92 Å².